The Bertz CT molecular complexity index is 433. The number of aryl methyl sites for hydroxylation is 1. The van der Waals surface area contributed by atoms with Crippen molar-refractivity contribution in [3.63, 3.8) is 0 Å². The highest BCUT2D eigenvalue weighted by Crippen LogP contribution is 2.29. The third-order valence-electron chi connectivity index (χ3n) is 1.81. The van der Waals surface area contributed by atoms with Gasteiger partial charge in [-0.3, -0.25) is 0 Å². The van der Waals surface area contributed by atoms with Crippen LogP contribution in [-0.2, 0) is 0 Å². The van der Waals surface area contributed by atoms with E-state index in [2.05, 4.69) is 22.6 Å². The molecule has 62 valence electrons. The molecule has 1 aromatic heterocycles. The molecule has 1 aromatic carbocycles. The van der Waals surface area contributed by atoms with Crippen LogP contribution in [-0.4, -0.2) is 0 Å². The van der Waals surface area contributed by atoms with Crippen molar-refractivity contribution < 1.29 is 4.39 Å². The maximum Gasteiger partial charge on any atom is 0.126 e. The van der Waals surface area contributed by atoms with E-state index in [0.29, 0.717) is 0 Å². The van der Waals surface area contributed by atoms with Crippen LogP contribution in [0.4, 0.5) is 4.39 Å². The first-order valence-electron chi connectivity index (χ1n) is 3.51. The van der Waals surface area contributed by atoms with Gasteiger partial charge in [0.25, 0.3) is 0 Å². The summed E-state index contributed by atoms with van der Waals surface area (Å²) in [6.07, 6.45) is 0. The van der Waals surface area contributed by atoms with Crippen LogP contribution in [0.15, 0.2) is 17.5 Å². The lowest BCUT2D eigenvalue weighted by Crippen LogP contribution is -1.80. The molecule has 12 heavy (non-hydrogen) atoms. The van der Waals surface area contributed by atoms with Gasteiger partial charge < -0.3 is 0 Å². The molecule has 1 heterocycles. The minimum atomic E-state index is -0.112. The van der Waals surface area contributed by atoms with E-state index in [4.69, 9.17) is 0 Å². The summed E-state index contributed by atoms with van der Waals surface area (Å²) in [5.41, 5.74) is 0.723. The second-order valence-corrected chi connectivity index (χ2v) is 4.75. The van der Waals surface area contributed by atoms with E-state index < -0.39 is 0 Å². The average molecular weight is 292 g/mol. The lowest BCUT2D eigenvalue weighted by molar-refractivity contribution is 0.620. The van der Waals surface area contributed by atoms with E-state index in [1.165, 1.54) is 4.70 Å². The molecule has 2 rings (SSSR count). The molecule has 0 saturated heterocycles. The molecule has 0 atom stereocenters. The smallest absolute Gasteiger partial charge is 0.126 e. The van der Waals surface area contributed by atoms with Gasteiger partial charge in [0, 0.05) is 19.0 Å². The van der Waals surface area contributed by atoms with Crippen LogP contribution in [0.1, 0.15) is 5.56 Å². The normalized spacial score (nSPS) is 10.9. The van der Waals surface area contributed by atoms with Crippen LogP contribution in [0.3, 0.4) is 0 Å². The van der Waals surface area contributed by atoms with E-state index in [-0.39, 0.29) is 5.82 Å². The van der Waals surface area contributed by atoms with Crippen molar-refractivity contribution >= 4 is 44.0 Å². The summed E-state index contributed by atoms with van der Waals surface area (Å²) < 4.78 is 15.4. The van der Waals surface area contributed by atoms with Crippen molar-refractivity contribution in [1.82, 2.24) is 0 Å². The molecular weight excluding hydrogens is 286 g/mol. The summed E-state index contributed by atoms with van der Waals surface area (Å²) in [6.45, 7) is 1.79. The lowest BCUT2D eigenvalue weighted by Gasteiger charge is -1.95. The Kier molecular flexibility index (Phi) is 2.08. The SMILES string of the molecule is Cc1cc2scc(I)c2cc1F. The second-order valence-electron chi connectivity index (χ2n) is 2.68. The van der Waals surface area contributed by atoms with Gasteiger partial charge in [0.1, 0.15) is 5.82 Å². The van der Waals surface area contributed by atoms with Crippen molar-refractivity contribution in [1.29, 1.82) is 0 Å². The Labute approximate surface area is 87.5 Å². The molecule has 0 bridgehead atoms. The number of benzene rings is 1. The van der Waals surface area contributed by atoms with Crippen LogP contribution < -0.4 is 0 Å². The Morgan fingerprint density at radius 1 is 1.42 bits per heavy atom. The van der Waals surface area contributed by atoms with Crippen LogP contribution in [0.2, 0.25) is 0 Å². The molecule has 0 aliphatic heterocycles. The molecule has 0 unspecified atom stereocenters. The van der Waals surface area contributed by atoms with Gasteiger partial charge >= 0.3 is 0 Å². The predicted octanol–water partition coefficient (Wildman–Crippen LogP) is 3.95. The molecule has 0 amide bonds. The molecule has 3 heteroatoms. The highest BCUT2D eigenvalue weighted by atomic mass is 127. The van der Waals surface area contributed by atoms with Gasteiger partial charge in [-0.15, -0.1) is 11.3 Å². The minimum Gasteiger partial charge on any atom is -0.207 e. The molecule has 0 nitrogen and oxygen atoms in total. The maximum absolute atomic E-state index is 13.1. The molecule has 0 saturated carbocycles. The molecule has 0 radical (unpaired) electrons. The third-order valence-corrected chi connectivity index (χ3v) is 4.07. The lowest BCUT2D eigenvalue weighted by atomic mass is 10.2. The monoisotopic (exact) mass is 292 g/mol. The summed E-state index contributed by atoms with van der Waals surface area (Å²) in [7, 11) is 0. The van der Waals surface area contributed by atoms with Crippen molar-refractivity contribution in [2.45, 2.75) is 6.92 Å². The Morgan fingerprint density at radius 2 is 2.17 bits per heavy atom. The highest BCUT2D eigenvalue weighted by molar-refractivity contribution is 14.1. The van der Waals surface area contributed by atoms with Crippen molar-refractivity contribution in [3.05, 3.63) is 32.5 Å². The van der Waals surface area contributed by atoms with E-state index in [1.54, 1.807) is 24.3 Å². The summed E-state index contributed by atoms with van der Waals surface area (Å²) in [6, 6.07) is 3.51. The first-order valence-corrected chi connectivity index (χ1v) is 5.47. The number of hydrogen-bond donors (Lipinski definition) is 0. The number of hydrogen-bond acceptors (Lipinski definition) is 1. The van der Waals surface area contributed by atoms with E-state index in [1.807, 2.05) is 11.4 Å². The predicted molar refractivity (Wildman–Crippen MR) is 59.2 cm³/mol. The average Bonchev–Trinajstić information content (AvgIpc) is 2.35. The van der Waals surface area contributed by atoms with E-state index in [0.717, 1.165) is 14.5 Å². The quantitative estimate of drug-likeness (QED) is 0.645. The van der Waals surface area contributed by atoms with Gasteiger partial charge in [0.15, 0.2) is 0 Å². The van der Waals surface area contributed by atoms with Crippen LogP contribution in [0.5, 0.6) is 0 Å². The largest absolute Gasteiger partial charge is 0.207 e. The summed E-state index contributed by atoms with van der Waals surface area (Å²) >= 11 is 3.89. The number of thiophene rings is 1. The highest BCUT2D eigenvalue weighted by Gasteiger charge is 2.04. The molecule has 0 N–H and O–H groups in total. The fraction of sp³-hybridized carbons (Fsp3) is 0.111. The Morgan fingerprint density at radius 3 is 2.92 bits per heavy atom. The molecule has 0 aliphatic rings. The van der Waals surface area contributed by atoms with Crippen molar-refractivity contribution in [3.8, 4) is 0 Å². The fourth-order valence-electron chi connectivity index (χ4n) is 1.12. The van der Waals surface area contributed by atoms with Gasteiger partial charge in [0.05, 0.1) is 0 Å². The van der Waals surface area contributed by atoms with Gasteiger partial charge in [-0.1, -0.05) is 0 Å². The standard InChI is InChI=1S/C9H6FIS/c1-5-2-9-6(3-7(5)10)8(11)4-12-9/h2-4H,1H3. The zero-order valence-electron chi connectivity index (χ0n) is 6.40. The van der Waals surface area contributed by atoms with Gasteiger partial charge in [-0.2, -0.15) is 0 Å². The topological polar surface area (TPSA) is 0 Å². The summed E-state index contributed by atoms with van der Waals surface area (Å²) in [5, 5.41) is 3.08. The van der Waals surface area contributed by atoms with Gasteiger partial charge in [0.2, 0.25) is 0 Å². The first-order chi connectivity index (χ1) is 5.68. The van der Waals surface area contributed by atoms with Crippen LogP contribution in [0, 0.1) is 16.3 Å². The van der Waals surface area contributed by atoms with E-state index >= 15 is 0 Å². The third kappa shape index (κ3) is 1.25. The molecule has 0 aliphatic carbocycles. The van der Waals surface area contributed by atoms with Crippen molar-refractivity contribution in [2.24, 2.45) is 0 Å². The molecule has 0 spiro atoms. The number of fused-ring (bicyclic) bond motifs is 1. The Balaban J connectivity index is 2.87. The minimum absolute atomic E-state index is 0.112. The number of halogens is 2. The Hall–Kier alpha value is -0.160. The van der Waals surface area contributed by atoms with Crippen LogP contribution in [0.25, 0.3) is 10.1 Å². The zero-order valence-corrected chi connectivity index (χ0v) is 9.37. The summed E-state index contributed by atoms with van der Waals surface area (Å²) in [5.74, 6) is -0.112. The summed E-state index contributed by atoms with van der Waals surface area (Å²) in [4.78, 5) is 0. The van der Waals surface area contributed by atoms with Crippen LogP contribution >= 0.6 is 33.9 Å². The maximum atomic E-state index is 13.1. The van der Waals surface area contributed by atoms with Gasteiger partial charge in [-0.25, -0.2) is 4.39 Å². The molecule has 0 fully saturated rings. The fourth-order valence-corrected chi connectivity index (χ4v) is 3.03. The van der Waals surface area contributed by atoms with E-state index in [9.17, 15) is 4.39 Å². The number of rotatable bonds is 0. The molecular formula is C9H6FIS. The van der Waals surface area contributed by atoms with Crippen molar-refractivity contribution in [2.75, 3.05) is 0 Å². The second kappa shape index (κ2) is 2.96. The zero-order chi connectivity index (χ0) is 8.72. The molecule has 2 aromatic rings. The van der Waals surface area contributed by atoms with Gasteiger partial charge in [-0.05, 0) is 47.2 Å². The first kappa shape index (κ1) is 8.44.